The van der Waals surface area contributed by atoms with E-state index in [4.69, 9.17) is 4.74 Å². The predicted octanol–water partition coefficient (Wildman–Crippen LogP) is 2.69. The fourth-order valence-electron chi connectivity index (χ4n) is 1.46. The summed E-state index contributed by atoms with van der Waals surface area (Å²) in [5, 5.41) is 0. The fraction of sp³-hybridized carbons (Fsp3) is 0.727. The van der Waals surface area contributed by atoms with E-state index in [0.29, 0.717) is 6.61 Å². The summed E-state index contributed by atoms with van der Waals surface area (Å²) in [5.41, 5.74) is -0.246. The van der Waals surface area contributed by atoms with Gasteiger partial charge in [0.25, 0.3) is 0 Å². The van der Waals surface area contributed by atoms with Crippen molar-refractivity contribution < 1.29 is 9.53 Å². The Labute approximate surface area is 80.0 Å². The molecule has 0 amide bonds. The van der Waals surface area contributed by atoms with Gasteiger partial charge in [0.2, 0.25) is 0 Å². The van der Waals surface area contributed by atoms with Crippen LogP contribution in [0.1, 0.15) is 39.5 Å². The van der Waals surface area contributed by atoms with Crippen molar-refractivity contribution >= 4 is 5.97 Å². The third-order valence-corrected chi connectivity index (χ3v) is 2.57. The van der Waals surface area contributed by atoms with Crippen LogP contribution in [0.2, 0.25) is 0 Å². The molecule has 0 bridgehead atoms. The zero-order valence-electron chi connectivity index (χ0n) is 8.51. The minimum Gasteiger partial charge on any atom is -0.465 e. The lowest BCUT2D eigenvalue weighted by molar-refractivity contribution is -0.145. The SMILES string of the molecule is CCC/C=C/CC1(C)CCOC1=O. The maximum Gasteiger partial charge on any atom is 0.312 e. The van der Waals surface area contributed by atoms with Crippen LogP contribution in [-0.2, 0) is 9.53 Å². The van der Waals surface area contributed by atoms with E-state index < -0.39 is 0 Å². The van der Waals surface area contributed by atoms with Crippen molar-refractivity contribution in [2.75, 3.05) is 6.61 Å². The van der Waals surface area contributed by atoms with Gasteiger partial charge in [0.05, 0.1) is 12.0 Å². The molecule has 0 aromatic carbocycles. The Morgan fingerprint density at radius 3 is 2.85 bits per heavy atom. The Morgan fingerprint density at radius 1 is 1.54 bits per heavy atom. The maximum atomic E-state index is 11.3. The second-order valence-electron chi connectivity index (χ2n) is 3.91. The van der Waals surface area contributed by atoms with Gasteiger partial charge in [-0.25, -0.2) is 0 Å². The number of carbonyl (C=O) groups is 1. The van der Waals surface area contributed by atoms with Crippen molar-refractivity contribution in [1.29, 1.82) is 0 Å². The van der Waals surface area contributed by atoms with Crippen LogP contribution in [0.4, 0.5) is 0 Å². The molecule has 1 rings (SSSR count). The summed E-state index contributed by atoms with van der Waals surface area (Å²) in [6.07, 6.45) is 8.21. The molecule has 0 spiro atoms. The molecular weight excluding hydrogens is 164 g/mol. The second-order valence-corrected chi connectivity index (χ2v) is 3.91. The van der Waals surface area contributed by atoms with E-state index in [1.54, 1.807) is 0 Å². The van der Waals surface area contributed by atoms with Crippen LogP contribution in [0, 0.1) is 5.41 Å². The number of hydrogen-bond donors (Lipinski definition) is 0. The lowest BCUT2D eigenvalue weighted by Gasteiger charge is -2.15. The van der Waals surface area contributed by atoms with E-state index in [1.165, 1.54) is 0 Å². The van der Waals surface area contributed by atoms with Crippen molar-refractivity contribution in [3.05, 3.63) is 12.2 Å². The second kappa shape index (κ2) is 4.45. The summed E-state index contributed by atoms with van der Waals surface area (Å²) in [4.78, 5) is 11.3. The monoisotopic (exact) mass is 182 g/mol. The number of cyclic esters (lactones) is 1. The molecule has 0 N–H and O–H groups in total. The van der Waals surface area contributed by atoms with Gasteiger partial charge in [-0.2, -0.15) is 0 Å². The normalized spacial score (nSPS) is 28.3. The number of hydrogen-bond acceptors (Lipinski definition) is 2. The van der Waals surface area contributed by atoms with Crippen LogP contribution in [0.25, 0.3) is 0 Å². The van der Waals surface area contributed by atoms with Gasteiger partial charge in [0, 0.05) is 0 Å². The Bertz CT molecular complexity index is 208. The number of allylic oxidation sites excluding steroid dienone is 2. The first-order valence-electron chi connectivity index (χ1n) is 5.01. The van der Waals surface area contributed by atoms with Crippen LogP contribution in [0.5, 0.6) is 0 Å². The molecule has 1 heterocycles. The molecule has 0 aromatic rings. The molecular formula is C11H18O2. The van der Waals surface area contributed by atoms with Gasteiger partial charge >= 0.3 is 5.97 Å². The molecule has 0 radical (unpaired) electrons. The smallest absolute Gasteiger partial charge is 0.312 e. The summed E-state index contributed by atoms with van der Waals surface area (Å²) in [7, 11) is 0. The van der Waals surface area contributed by atoms with E-state index in [2.05, 4.69) is 19.1 Å². The molecule has 1 aliphatic rings. The van der Waals surface area contributed by atoms with Gasteiger partial charge in [-0.05, 0) is 26.2 Å². The van der Waals surface area contributed by atoms with Crippen molar-refractivity contribution in [3.63, 3.8) is 0 Å². The van der Waals surface area contributed by atoms with Crippen LogP contribution < -0.4 is 0 Å². The molecule has 1 saturated heterocycles. The summed E-state index contributed by atoms with van der Waals surface area (Å²) in [6, 6.07) is 0. The number of carbonyl (C=O) groups excluding carboxylic acids is 1. The number of ether oxygens (including phenoxy) is 1. The third-order valence-electron chi connectivity index (χ3n) is 2.57. The van der Waals surface area contributed by atoms with Gasteiger partial charge in [0.15, 0.2) is 0 Å². The van der Waals surface area contributed by atoms with E-state index in [1.807, 2.05) is 6.92 Å². The fourth-order valence-corrected chi connectivity index (χ4v) is 1.46. The van der Waals surface area contributed by atoms with E-state index >= 15 is 0 Å². The zero-order valence-corrected chi connectivity index (χ0v) is 8.51. The molecule has 1 atom stereocenters. The molecule has 0 aromatic heterocycles. The van der Waals surface area contributed by atoms with Gasteiger partial charge in [-0.1, -0.05) is 25.5 Å². The average molecular weight is 182 g/mol. The van der Waals surface area contributed by atoms with Gasteiger partial charge in [-0.3, -0.25) is 4.79 Å². The molecule has 0 saturated carbocycles. The van der Waals surface area contributed by atoms with Gasteiger partial charge in [0.1, 0.15) is 0 Å². The zero-order chi connectivity index (χ0) is 9.73. The molecule has 13 heavy (non-hydrogen) atoms. The highest BCUT2D eigenvalue weighted by molar-refractivity contribution is 5.78. The number of unbranched alkanes of at least 4 members (excludes halogenated alkanes) is 1. The number of rotatable bonds is 4. The van der Waals surface area contributed by atoms with Gasteiger partial charge < -0.3 is 4.74 Å². The van der Waals surface area contributed by atoms with E-state index in [-0.39, 0.29) is 11.4 Å². The van der Waals surface area contributed by atoms with Crippen LogP contribution >= 0.6 is 0 Å². The van der Waals surface area contributed by atoms with E-state index in [0.717, 1.165) is 25.7 Å². The molecule has 2 nitrogen and oxygen atoms in total. The summed E-state index contributed by atoms with van der Waals surface area (Å²) < 4.78 is 4.95. The predicted molar refractivity (Wildman–Crippen MR) is 52.3 cm³/mol. The summed E-state index contributed by atoms with van der Waals surface area (Å²) in [5.74, 6) is -0.0337. The standard InChI is InChI=1S/C11H18O2/c1-3-4-5-6-7-11(2)8-9-13-10(11)12/h5-6H,3-4,7-9H2,1-2H3/b6-5+. The minimum absolute atomic E-state index is 0.0337. The Kier molecular flexibility index (Phi) is 3.52. The first-order valence-corrected chi connectivity index (χ1v) is 5.01. The summed E-state index contributed by atoms with van der Waals surface area (Å²) in [6.45, 7) is 4.73. The molecule has 1 fully saturated rings. The molecule has 1 unspecified atom stereocenters. The summed E-state index contributed by atoms with van der Waals surface area (Å²) >= 11 is 0. The van der Waals surface area contributed by atoms with Gasteiger partial charge in [-0.15, -0.1) is 0 Å². The van der Waals surface area contributed by atoms with Crippen LogP contribution in [0.3, 0.4) is 0 Å². The van der Waals surface area contributed by atoms with Crippen molar-refractivity contribution in [3.8, 4) is 0 Å². The minimum atomic E-state index is -0.246. The Hall–Kier alpha value is -0.790. The topological polar surface area (TPSA) is 26.3 Å². The Balaban J connectivity index is 2.38. The Morgan fingerprint density at radius 2 is 2.31 bits per heavy atom. The maximum absolute atomic E-state index is 11.3. The highest BCUT2D eigenvalue weighted by atomic mass is 16.5. The molecule has 2 heteroatoms. The molecule has 1 aliphatic heterocycles. The average Bonchev–Trinajstić information content (AvgIpc) is 2.42. The van der Waals surface area contributed by atoms with Crippen LogP contribution in [0.15, 0.2) is 12.2 Å². The van der Waals surface area contributed by atoms with Crippen molar-refractivity contribution in [2.24, 2.45) is 5.41 Å². The highest BCUT2D eigenvalue weighted by Gasteiger charge is 2.38. The van der Waals surface area contributed by atoms with Crippen LogP contribution in [-0.4, -0.2) is 12.6 Å². The van der Waals surface area contributed by atoms with Crippen molar-refractivity contribution in [2.45, 2.75) is 39.5 Å². The first kappa shape index (κ1) is 10.3. The lowest BCUT2D eigenvalue weighted by atomic mass is 9.85. The lowest BCUT2D eigenvalue weighted by Crippen LogP contribution is -2.21. The third kappa shape index (κ3) is 2.58. The van der Waals surface area contributed by atoms with E-state index in [9.17, 15) is 4.79 Å². The molecule has 0 aliphatic carbocycles. The quantitative estimate of drug-likeness (QED) is 0.493. The van der Waals surface area contributed by atoms with Crippen molar-refractivity contribution in [1.82, 2.24) is 0 Å². The number of esters is 1. The largest absolute Gasteiger partial charge is 0.465 e. The first-order chi connectivity index (χ1) is 6.19. The molecule has 74 valence electrons. The highest BCUT2D eigenvalue weighted by Crippen LogP contribution is 2.33.